The molecule has 0 bridgehead atoms. The molecule has 0 aromatic carbocycles. The number of fused-ring (bicyclic) bond motifs is 3. The van der Waals surface area contributed by atoms with E-state index in [9.17, 15) is 0 Å². The molecule has 2 aliphatic rings. The summed E-state index contributed by atoms with van der Waals surface area (Å²) < 4.78 is 6.40. The van der Waals surface area contributed by atoms with E-state index in [0.29, 0.717) is 0 Å². The maximum absolute atomic E-state index is 4.77. The molecular formula is C30H38Br2N2S4. The van der Waals surface area contributed by atoms with Gasteiger partial charge in [0.05, 0.1) is 24.1 Å². The van der Waals surface area contributed by atoms with Crippen LogP contribution < -0.4 is 0 Å². The molecule has 0 amide bonds. The minimum atomic E-state index is 0.994. The van der Waals surface area contributed by atoms with Crippen LogP contribution in [0.3, 0.4) is 0 Å². The summed E-state index contributed by atoms with van der Waals surface area (Å²) in [6, 6.07) is 4.43. The number of nitrogens with zero attached hydrogens (tertiary/aromatic N) is 2. The third-order valence-corrected chi connectivity index (χ3v) is 13.2. The Hall–Kier alpha value is 0.140. The first-order valence-electron chi connectivity index (χ1n) is 14.0. The van der Waals surface area contributed by atoms with E-state index in [1.54, 1.807) is 0 Å². The topological polar surface area (TPSA) is 25.8 Å². The summed E-state index contributed by atoms with van der Waals surface area (Å²) in [4.78, 5) is 9.54. The first-order chi connectivity index (χ1) is 18.6. The van der Waals surface area contributed by atoms with Crippen molar-refractivity contribution in [3.63, 3.8) is 0 Å². The predicted molar refractivity (Wildman–Crippen MR) is 183 cm³/mol. The Balaban J connectivity index is 1.49. The lowest BCUT2D eigenvalue weighted by Crippen LogP contribution is -1.86. The van der Waals surface area contributed by atoms with Gasteiger partial charge in [-0.3, -0.25) is 9.97 Å². The van der Waals surface area contributed by atoms with Crippen molar-refractivity contribution < 1.29 is 0 Å². The van der Waals surface area contributed by atoms with E-state index < -0.39 is 0 Å². The highest BCUT2D eigenvalue weighted by molar-refractivity contribution is 9.10. The van der Waals surface area contributed by atoms with Crippen LogP contribution in [-0.2, 0) is 0 Å². The van der Waals surface area contributed by atoms with Crippen molar-refractivity contribution in [2.24, 2.45) is 0 Å². The number of halogens is 2. The summed E-state index contributed by atoms with van der Waals surface area (Å²) in [6.45, 7) is 4.58. The van der Waals surface area contributed by atoms with Gasteiger partial charge in [-0.25, -0.2) is 0 Å². The number of thioether (sulfide) groups is 4. The van der Waals surface area contributed by atoms with Gasteiger partial charge in [0, 0.05) is 38.0 Å². The summed E-state index contributed by atoms with van der Waals surface area (Å²) in [7, 11) is 0. The van der Waals surface area contributed by atoms with E-state index >= 15 is 0 Å². The molecular weight excluding hydrogens is 676 g/mol. The Morgan fingerprint density at radius 3 is 1.50 bits per heavy atom. The van der Waals surface area contributed by atoms with Gasteiger partial charge in [-0.2, -0.15) is 0 Å². The molecule has 0 radical (unpaired) electrons. The molecule has 0 unspecified atom stereocenters. The molecule has 2 aromatic rings. The summed E-state index contributed by atoms with van der Waals surface area (Å²) in [6.07, 6.45) is 20.0. The third-order valence-electron chi connectivity index (χ3n) is 6.68. The number of aromatic nitrogens is 2. The van der Waals surface area contributed by atoms with Gasteiger partial charge in [-0.05, 0) is 68.3 Å². The van der Waals surface area contributed by atoms with Gasteiger partial charge < -0.3 is 0 Å². The van der Waals surface area contributed by atoms with Crippen LogP contribution in [0.1, 0.15) is 102 Å². The monoisotopic (exact) mass is 712 g/mol. The average Bonchev–Trinajstić information content (AvgIpc) is 3.44. The second kappa shape index (κ2) is 16.5. The van der Waals surface area contributed by atoms with Crippen LogP contribution in [0.4, 0.5) is 0 Å². The Bertz CT molecular complexity index is 1060. The summed E-state index contributed by atoms with van der Waals surface area (Å²) in [5.74, 6) is 2.43. The zero-order valence-corrected chi connectivity index (χ0v) is 28.9. The van der Waals surface area contributed by atoms with Gasteiger partial charge in [-0.15, -0.1) is 23.5 Å². The lowest BCUT2D eigenvalue weighted by atomic mass is 10.1. The molecule has 2 nitrogen and oxygen atoms in total. The third kappa shape index (κ3) is 8.58. The summed E-state index contributed by atoms with van der Waals surface area (Å²) >= 11 is 15.5. The molecule has 0 saturated heterocycles. The molecule has 0 fully saturated rings. The highest BCUT2D eigenvalue weighted by Gasteiger charge is 2.33. The SMILES string of the molecule is CCCCCCCCSC1=C(SCCCCCCCC)SC(=C2c3cc(Br)cnc3-c3ncc(Br)cc32)S1. The largest absolute Gasteiger partial charge is 0.253 e. The molecule has 3 heterocycles. The Morgan fingerprint density at radius 1 is 0.632 bits per heavy atom. The molecule has 0 atom stereocenters. The van der Waals surface area contributed by atoms with Crippen LogP contribution in [0.2, 0.25) is 0 Å². The van der Waals surface area contributed by atoms with Gasteiger partial charge in [0.15, 0.2) is 0 Å². The van der Waals surface area contributed by atoms with E-state index in [1.807, 2.05) is 35.9 Å². The Morgan fingerprint density at radius 2 is 1.05 bits per heavy atom. The van der Waals surface area contributed by atoms with E-state index in [2.05, 4.69) is 81.4 Å². The average molecular weight is 715 g/mol. The lowest BCUT2D eigenvalue weighted by Gasteiger charge is -2.08. The van der Waals surface area contributed by atoms with E-state index in [-0.39, 0.29) is 0 Å². The molecule has 1 aliphatic carbocycles. The van der Waals surface area contributed by atoms with Gasteiger partial charge in [0.25, 0.3) is 0 Å². The molecule has 2 aromatic heterocycles. The van der Waals surface area contributed by atoms with Crippen molar-refractivity contribution in [1.29, 1.82) is 0 Å². The number of hydrogen-bond donors (Lipinski definition) is 0. The first kappa shape index (κ1) is 31.1. The first-order valence-corrected chi connectivity index (χ1v) is 19.2. The number of hydrogen-bond acceptors (Lipinski definition) is 6. The standard InChI is InChI=1S/C30H38Br2N2S4/c1-3-5-7-9-11-13-15-35-29-30(36-16-14-12-10-8-6-4-2)38-28(37-29)25-23-17-21(31)19-33-26(23)27-24(25)18-22(32)20-34-27/h17-20H,3-16H2,1-2H3. The van der Waals surface area contributed by atoms with E-state index in [1.165, 1.54) is 118 Å². The Labute approximate surface area is 263 Å². The van der Waals surface area contributed by atoms with Crippen LogP contribution in [0.5, 0.6) is 0 Å². The Kier molecular flexibility index (Phi) is 13.5. The van der Waals surface area contributed by atoms with E-state index in [4.69, 9.17) is 9.97 Å². The van der Waals surface area contributed by atoms with Crippen molar-refractivity contribution in [2.45, 2.75) is 90.9 Å². The van der Waals surface area contributed by atoms with E-state index in [0.717, 1.165) is 20.3 Å². The second-order valence-corrected chi connectivity index (χ2v) is 16.6. The van der Waals surface area contributed by atoms with Crippen LogP contribution in [-0.4, -0.2) is 21.5 Å². The number of unbranched alkanes of at least 4 members (excludes halogenated alkanes) is 10. The smallest absolute Gasteiger partial charge is 0.0972 e. The van der Waals surface area contributed by atoms with Crippen molar-refractivity contribution in [3.05, 3.63) is 57.3 Å². The van der Waals surface area contributed by atoms with Crippen molar-refractivity contribution >= 4 is 84.5 Å². The lowest BCUT2D eigenvalue weighted by molar-refractivity contribution is 0.627. The summed E-state index contributed by atoms with van der Waals surface area (Å²) in [5, 5.41) is 0. The maximum atomic E-state index is 4.77. The van der Waals surface area contributed by atoms with Crippen molar-refractivity contribution in [1.82, 2.24) is 9.97 Å². The van der Waals surface area contributed by atoms with Crippen LogP contribution in [0.15, 0.2) is 46.2 Å². The fraction of sp³-hybridized carbons (Fsp3) is 0.533. The summed E-state index contributed by atoms with van der Waals surface area (Å²) in [5.41, 5.74) is 5.66. The van der Waals surface area contributed by atoms with Crippen molar-refractivity contribution in [2.75, 3.05) is 11.5 Å². The molecule has 0 saturated carbocycles. The van der Waals surface area contributed by atoms with Gasteiger partial charge >= 0.3 is 0 Å². The minimum absolute atomic E-state index is 0.994. The zero-order valence-electron chi connectivity index (χ0n) is 22.5. The van der Waals surface area contributed by atoms with Crippen LogP contribution >= 0.6 is 78.9 Å². The number of rotatable bonds is 16. The molecule has 38 heavy (non-hydrogen) atoms. The minimum Gasteiger partial charge on any atom is -0.253 e. The fourth-order valence-electron chi connectivity index (χ4n) is 4.65. The predicted octanol–water partition coefficient (Wildman–Crippen LogP) is 12.5. The molecule has 0 N–H and O–H groups in total. The molecule has 206 valence electrons. The fourth-order valence-corrected chi connectivity index (χ4v) is 11.4. The van der Waals surface area contributed by atoms with Crippen molar-refractivity contribution in [3.8, 4) is 11.4 Å². The van der Waals surface area contributed by atoms with Gasteiger partial charge in [-0.1, -0.05) is 102 Å². The second-order valence-electron chi connectivity index (χ2n) is 9.77. The molecule has 4 rings (SSSR count). The highest BCUT2D eigenvalue weighted by atomic mass is 79.9. The number of pyridine rings is 2. The van der Waals surface area contributed by atoms with Crippen LogP contribution in [0, 0.1) is 0 Å². The normalized spacial score (nSPS) is 14.5. The zero-order chi connectivity index (χ0) is 26.7. The highest BCUT2D eigenvalue weighted by Crippen LogP contribution is 2.62. The van der Waals surface area contributed by atoms with Gasteiger partial charge in [0.1, 0.15) is 0 Å². The van der Waals surface area contributed by atoms with Gasteiger partial charge in [0.2, 0.25) is 0 Å². The quantitative estimate of drug-likeness (QED) is 0.137. The van der Waals surface area contributed by atoms with Crippen LogP contribution in [0.25, 0.3) is 17.0 Å². The molecule has 8 heteroatoms. The molecule has 1 aliphatic heterocycles. The maximum Gasteiger partial charge on any atom is 0.0972 e. The molecule has 0 spiro atoms.